The fraction of sp³-hybridized carbons (Fsp3) is 0.308. The summed E-state index contributed by atoms with van der Waals surface area (Å²) in [5, 5.41) is 0. The van der Waals surface area contributed by atoms with E-state index in [-0.39, 0.29) is 0 Å². The van der Waals surface area contributed by atoms with Crippen LogP contribution in [0.2, 0.25) is 0 Å². The van der Waals surface area contributed by atoms with Crippen molar-refractivity contribution < 1.29 is 0 Å². The molecule has 0 saturated heterocycles. The minimum atomic E-state index is 0.618. The fourth-order valence-electron chi connectivity index (χ4n) is 1.76. The molecule has 88 valence electrons. The van der Waals surface area contributed by atoms with Gasteiger partial charge in [-0.3, -0.25) is 4.98 Å². The third kappa shape index (κ3) is 2.77. The Morgan fingerprint density at radius 1 is 1.41 bits per heavy atom. The second-order valence-corrected chi connectivity index (χ2v) is 4.43. The zero-order valence-electron chi connectivity index (χ0n) is 10.0. The average molecular weight is 245 g/mol. The summed E-state index contributed by atoms with van der Waals surface area (Å²) in [6, 6.07) is 5.86. The molecule has 0 aromatic carbocycles. The van der Waals surface area contributed by atoms with E-state index in [4.69, 9.17) is 12.2 Å². The van der Waals surface area contributed by atoms with E-state index in [9.17, 15) is 0 Å². The summed E-state index contributed by atoms with van der Waals surface area (Å²) in [6.07, 6.45) is 3.83. The molecule has 0 aliphatic rings. The minimum absolute atomic E-state index is 0.618. The number of aryl methyl sites for hydroxylation is 2. The Morgan fingerprint density at radius 2 is 2.24 bits per heavy atom. The van der Waals surface area contributed by atoms with Crippen molar-refractivity contribution in [2.45, 2.75) is 26.7 Å². The maximum Gasteiger partial charge on any atom is 0.158 e. The van der Waals surface area contributed by atoms with Gasteiger partial charge < -0.3 is 4.98 Å². The quantitative estimate of drug-likeness (QED) is 0.842. The zero-order valence-corrected chi connectivity index (χ0v) is 10.8. The molecule has 2 rings (SSSR count). The van der Waals surface area contributed by atoms with E-state index in [2.05, 4.69) is 21.9 Å². The van der Waals surface area contributed by atoms with Crippen LogP contribution >= 0.6 is 12.2 Å². The minimum Gasteiger partial charge on any atom is -0.342 e. The normalized spacial score (nSPS) is 10.5. The Morgan fingerprint density at radius 3 is 2.94 bits per heavy atom. The molecule has 0 atom stereocenters. The van der Waals surface area contributed by atoms with Gasteiger partial charge in [-0.1, -0.05) is 31.6 Å². The topological polar surface area (TPSA) is 41.6 Å². The Balaban J connectivity index is 2.52. The van der Waals surface area contributed by atoms with Crippen molar-refractivity contribution in [3.05, 3.63) is 40.3 Å². The fourth-order valence-corrected chi connectivity index (χ4v) is 1.99. The first-order valence-corrected chi connectivity index (χ1v) is 6.13. The third-order valence-corrected chi connectivity index (χ3v) is 2.76. The zero-order chi connectivity index (χ0) is 12.3. The third-order valence-electron chi connectivity index (χ3n) is 2.55. The van der Waals surface area contributed by atoms with E-state index in [1.54, 1.807) is 6.20 Å². The van der Waals surface area contributed by atoms with Gasteiger partial charge in [0.25, 0.3) is 0 Å². The van der Waals surface area contributed by atoms with Crippen LogP contribution < -0.4 is 0 Å². The number of pyridine rings is 1. The molecule has 2 aromatic heterocycles. The number of H-pyrrole nitrogens is 1. The highest BCUT2D eigenvalue weighted by Gasteiger charge is 2.06. The van der Waals surface area contributed by atoms with Gasteiger partial charge in [0.1, 0.15) is 10.3 Å². The number of nitrogens with zero attached hydrogens (tertiary/aromatic N) is 2. The van der Waals surface area contributed by atoms with Gasteiger partial charge in [0.15, 0.2) is 5.82 Å². The average Bonchev–Trinajstić information content (AvgIpc) is 2.29. The molecule has 0 amide bonds. The van der Waals surface area contributed by atoms with Gasteiger partial charge in [-0.15, -0.1) is 0 Å². The van der Waals surface area contributed by atoms with Gasteiger partial charge in [0.2, 0.25) is 0 Å². The lowest BCUT2D eigenvalue weighted by atomic mass is 10.2. The monoisotopic (exact) mass is 245 g/mol. The summed E-state index contributed by atoms with van der Waals surface area (Å²) in [6.45, 7) is 4.16. The summed E-state index contributed by atoms with van der Waals surface area (Å²) in [5.41, 5.74) is 3.09. The lowest BCUT2D eigenvalue weighted by Gasteiger charge is -2.06. The van der Waals surface area contributed by atoms with E-state index in [0.717, 1.165) is 35.6 Å². The summed E-state index contributed by atoms with van der Waals surface area (Å²) >= 11 is 5.19. The van der Waals surface area contributed by atoms with Gasteiger partial charge in [0, 0.05) is 11.9 Å². The number of hydrogen-bond acceptors (Lipinski definition) is 3. The van der Waals surface area contributed by atoms with Crippen LogP contribution in [0, 0.1) is 11.6 Å². The van der Waals surface area contributed by atoms with Crippen molar-refractivity contribution in [2.24, 2.45) is 0 Å². The van der Waals surface area contributed by atoms with Crippen LogP contribution in [0.15, 0.2) is 24.4 Å². The van der Waals surface area contributed by atoms with Gasteiger partial charge in [0.05, 0.1) is 0 Å². The van der Waals surface area contributed by atoms with Gasteiger partial charge in [-0.05, 0) is 31.0 Å². The van der Waals surface area contributed by atoms with Crippen LogP contribution in [0.1, 0.15) is 24.6 Å². The predicted molar refractivity (Wildman–Crippen MR) is 71.4 cm³/mol. The largest absolute Gasteiger partial charge is 0.342 e. The highest BCUT2D eigenvalue weighted by Crippen LogP contribution is 2.16. The van der Waals surface area contributed by atoms with Crippen molar-refractivity contribution in [1.29, 1.82) is 0 Å². The van der Waals surface area contributed by atoms with E-state index < -0.39 is 0 Å². The highest BCUT2D eigenvalue weighted by molar-refractivity contribution is 7.71. The molecule has 0 saturated carbocycles. The van der Waals surface area contributed by atoms with Crippen molar-refractivity contribution in [3.63, 3.8) is 0 Å². The van der Waals surface area contributed by atoms with E-state index in [1.165, 1.54) is 0 Å². The molecule has 2 heterocycles. The second-order valence-electron chi connectivity index (χ2n) is 4.01. The number of nitrogens with one attached hydrogen (secondary N) is 1. The van der Waals surface area contributed by atoms with E-state index in [1.807, 2.05) is 25.1 Å². The van der Waals surface area contributed by atoms with Crippen LogP contribution in [-0.4, -0.2) is 15.0 Å². The number of rotatable bonds is 3. The smallest absolute Gasteiger partial charge is 0.158 e. The molecule has 0 aliphatic heterocycles. The predicted octanol–water partition coefficient (Wildman–Crippen LogP) is 3.46. The van der Waals surface area contributed by atoms with E-state index in [0.29, 0.717) is 4.64 Å². The second kappa shape index (κ2) is 5.19. The Kier molecular flexibility index (Phi) is 3.64. The molecule has 0 bridgehead atoms. The molecule has 4 heteroatoms. The summed E-state index contributed by atoms with van der Waals surface area (Å²) in [7, 11) is 0. The summed E-state index contributed by atoms with van der Waals surface area (Å²) in [4.78, 5) is 12.0. The maximum atomic E-state index is 5.19. The number of aromatic amines is 1. The lowest BCUT2D eigenvalue weighted by Crippen LogP contribution is -1.98. The molecule has 1 N–H and O–H groups in total. The Bertz CT molecular complexity index is 575. The molecule has 0 aliphatic carbocycles. The first-order chi connectivity index (χ1) is 8.20. The molecule has 0 unspecified atom stereocenters. The molecule has 17 heavy (non-hydrogen) atoms. The lowest BCUT2D eigenvalue weighted by molar-refractivity contribution is 0.871. The number of hydrogen-bond donors (Lipinski definition) is 1. The van der Waals surface area contributed by atoms with Crippen LogP contribution in [0.3, 0.4) is 0 Å². The first kappa shape index (κ1) is 11.9. The van der Waals surface area contributed by atoms with E-state index >= 15 is 0 Å². The van der Waals surface area contributed by atoms with Crippen LogP contribution in [-0.2, 0) is 6.42 Å². The Hall–Kier alpha value is -1.55. The molecule has 0 spiro atoms. The highest BCUT2D eigenvalue weighted by atomic mass is 32.1. The van der Waals surface area contributed by atoms with Crippen molar-refractivity contribution in [2.75, 3.05) is 0 Å². The van der Waals surface area contributed by atoms with Gasteiger partial charge in [-0.25, -0.2) is 4.98 Å². The standard InChI is InChI=1S/C13H15N3S/c1-3-5-10-8-11(17)16-13(15-10)12-9(2)6-4-7-14-12/h4,6-8H,3,5H2,1-2H3,(H,15,16,17). The van der Waals surface area contributed by atoms with Crippen molar-refractivity contribution >= 4 is 12.2 Å². The summed E-state index contributed by atoms with van der Waals surface area (Å²) < 4.78 is 0.618. The first-order valence-electron chi connectivity index (χ1n) is 5.73. The van der Waals surface area contributed by atoms with Crippen LogP contribution in [0.5, 0.6) is 0 Å². The SMILES string of the molecule is CCCc1cc(=S)nc(-c2ncccc2C)[nH]1. The van der Waals surface area contributed by atoms with Gasteiger partial charge >= 0.3 is 0 Å². The summed E-state index contributed by atoms with van der Waals surface area (Å²) in [5.74, 6) is 0.763. The molecular weight excluding hydrogens is 230 g/mol. The molecule has 0 fully saturated rings. The van der Waals surface area contributed by atoms with Crippen LogP contribution in [0.4, 0.5) is 0 Å². The van der Waals surface area contributed by atoms with Crippen LogP contribution in [0.25, 0.3) is 11.5 Å². The van der Waals surface area contributed by atoms with Gasteiger partial charge in [-0.2, -0.15) is 0 Å². The Labute approximate surface area is 106 Å². The number of aromatic nitrogens is 3. The molecule has 0 radical (unpaired) electrons. The maximum absolute atomic E-state index is 5.19. The van der Waals surface area contributed by atoms with Crippen molar-refractivity contribution in [1.82, 2.24) is 15.0 Å². The molecular formula is C13H15N3S. The van der Waals surface area contributed by atoms with Crippen molar-refractivity contribution in [3.8, 4) is 11.5 Å². The molecule has 3 nitrogen and oxygen atoms in total. The molecule has 2 aromatic rings.